The fourth-order valence-corrected chi connectivity index (χ4v) is 3.47. The summed E-state index contributed by atoms with van der Waals surface area (Å²) in [4.78, 5) is 30.2. The molecule has 4 rings (SSSR count). The van der Waals surface area contributed by atoms with Gasteiger partial charge in [0.25, 0.3) is 11.5 Å². The number of amides is 1. The van der Waals surface area contributed by atoms with Crippen LogP contribution in [0.3, 0.4) is 0 Å². The first-order valence-corrected chi connectivity index (χ1v) is 10.5. The summed E-state index contributed by atoms with van der Waals surface area (Å²) < 4.78 is 2.76. The lowest BCUT2D eigenvalue weighted by atomic mass is 9.96. The van der Waals surface area contributed by atoms with Gasteiger partial charge in [0.05, 0.1) is 11.7 Å². The lowest BCUT2D eigenvalue weighted by Crippen LogP contribution is -2.35. The van der Waals surface area contributed by atoms with E-state index in [4.69, 9.17) is 0 Å². The fraction of sp³-hybridized carbons (Fsp3) is 0.455. The normalized spacial score (nSPS) is 15.1. The van der Waals surface area contributed by atoms with Gasteiger partial charge in [0.2, 0.25) is 5.88 Å². The highest BCUT2D eigenvalue weighted by molar-refractivity contribution is 5.96. The van der Waals surface area contributed by atoms with Crippen molar-refractivity contribution in [1.29, 1.82) is 0 Å². The number of carbonyl (C=O) groups excluding carboxylic acids is 1. The van der Waals surface area contributed by atoms with E-state index in [2.05, 4.69) is 20.7 Å². The minimum absolute atomic E-state index is 0.0622. The zero-order chi connectivity index (χ0) is 22.3. The Morgan fingerprint density at radius 2 is 2.06 bits per heavy atom. The molecule has 9 nitrogen and oxygen atoms in total. The Morgan fingerprint density at radius 1 is 1.32 bits per heavy atom. The van der Waals surface area contributed by atoms with Crippen LogP contribution in [0, 0.1) is 5.41 Å². The summed E-state index contributed by atoms with van der Waals surface area (Å²) in [6.07, 6.45) is 3.48. The molecule has 0 saturated heterocycles. The summed E-state index contributed by atoms with van der Waals surface area (Å²) >= 11 is 0. The number of anilines is 1. The van der Waals surface area contributed by atoms with E-state index >= 15 is 0 Å². The first kappa shape index (κ1) is 20.9. The Balaban J connectivity index is 1.79. The molecule has 1 amide bonds. The molecule has 9 heteroatoms. The van der Waals surface area contributed by atoms with Crippen molar-refractivity contribution in [1.82, 2.24) is 24.5 Å². The number of hydrogen-bond acceptors (Lipinski definition) is 6. The van der Waals surface area contributed by atoms with Crippen molar-refractivity contribution in [3.8, 4) is 5.88 Å². The highest BCUT2D eigenvalue weighted by Gasteiger charge is 2.30. The first-order chi connectivity index (χ1) is 14.6. The fourth-order valence-electron chi connectivity index (χ4n) is 3.47. The third kappa shape index (κ3) is 4.40. The molecule has 164 valence electrons. The van der Waals surface area contributed by atoms with Gasteiger partial charge in [-0.1, -0.05) is 26.8 Å². The SMILES string of the molecule is C[C@@H](Nc1cc2n(CC(C)(C)C)c(O)c(C(=O)NC3CC3)c(=O)n2n1)c1ccccn1. The van der Waals surface area contributed by atoms with Crippen LogP contribution < -0.4 is 16.2 Å². The molecule has 0 radical (unpaired) electrons. The summed E-state index contributed by atoms with van der Waals surface area (Å²) in [5.74, 6) is -0.451. The number of nitrogens with zero attached hydrogens (tertiary/aromatic N) is 4. The molecule has 3 aromatic heterocycles. The van der Waals surface area contributed by atoms with Gasteiger partial charge in [0.1, 0.15) is 5.65 Å². The molecular formula is C22H28N6O3. The van der Waals surface area contributed by atoms with Crippen LogP contribution in [0.4, 0.5) is 5.82 Å². The number of aromatic hydroxyl groups is 1. The van der Waals surface area contributed by atoms with Crippen molar-refractivity contribution in [2.24, 2.45) is 5.41 Å². The number of nitrogens with one attached hydrogen (secondary N) is 2. The number of fused-ring (bicyclic) bond motifs is 1. The van der Waals surface area contributed by atoms with Crippen LogP contribution in [0.1, 0.15) is 62.6 Å². The van der Waals surface area contributed by atoms with Gasteiger partial charge in [0, 0.05) is 24.8 Å². The van der Waals surface area contributed by atoms with Crippen molar-refractivity contribution in [3.05, 3.63) is 52.1 Å². The summed E-state index contributed by atoms with van der Waals surface area (Å²) in [6, 6.07) is 7.26. The molecule has 1 saturated carbocycles. The molecule has 3 heterocycles. The first-order valence-electron chi connectivity index (χ1n) is 10.5. The average Bonchev–Trinajstić information content (AvgIpc) is 3.41. The second-order valence-electron chi connectivity index (χ2n) is 9.32. The van der Waals surface area contributed by atoms with Crippen molar-refractivity contribution in [3.63, 3.8) is 0 Å². The Morgan fingerprint density at radius 3 is 2.68 bits per heavy atom. The zero-order valence-corrected chi connectivity index (χ0v) is 18.2. The van der Waals surface area contributed by atoms with Gasteiger partial charge in [0.15, 0.2) is 11.4 Å². The van der Waals surface area contributed by atoms with Gasteiger partial charge >= 0.3 is 0 Å². The van der Waals surface area contributed by atoms with Gasteiger partial charge in [-0.05, 0) is 37.3 Å². The van der Waals surface area contributed by atoms with Gasteiger partial charge in [-0.15, -0.1) is 5.10 Å². The number of aromatic nitrogens is 4. The highest BCUT2D eigenvalue weighted by Crippen LogP contribution is 2.27. The van der Waals surface area contributed by atoms with E-state index < -0.39 is 11.5 Å². The predicted molar refractivity (Wildman–Crippen MR) is 117 cm³/mol. The molecule has 0 aliphatic heterocycles. The maximum Gasteiger partial charge on any atom is 0.291 e. The number of pyridine rings is 1. The maximum absolute atomic E-state index is 13.1. The summed E-state index contributed by atoms with van der Waals surface area (Å²) in [5, 5.41) is 21.4. The topological polar surface area (TPSA) is 114 Å². The number of carbonyl (C=O) groups is 1. The molecule has 1 fully saturated rings. The van der Waals surface area contributed by atoms with Crippen molar-refractivity contribution in [2.75, 3.05) is 5.32 Å². The molecule has 1 aliphatic carbocycles. The van der Waals surface area contributed by atoms with Crippen LogP contribution in [0.25, 0.3) is 5.65 Å². The van der Waals surface area contributed by atoms with Crippen LogP contribution in [-0.2, 0) is 6.54 Å². The van der Waals surface area contributed by atoms with E-state index in [1.165, 1.54) is 4.52 Å². The Labute approximate surface area is 180 Å². The molecule has 0 aromatic carbocycles. The lowest BCUT2D eigenvalue weighted by Gasteiger charge is -2.23. The minimum atomic E-state index is -0.644. The van der Waals surface area contributed by atoms with E-state index in [1.807, 2.05) is 45.9 Å². The van der Waals surface area contributed by atoms with E-state index in [-0.39, 0.29) is 28.9 Å². The van der Waals surface area contributed by atoms with E-state index in [9.17, 15) is 14.7 Å². The van der Waals surface area contributed by atoms with Crippen LogP contribution in [0.5, 0.6) is 5.88 Å². The van der Waals surface area contributed by atoms with Gasteiger partial charge in [-0.25, -0.2) is 0 Å². The van der Waals surface area contributed by atoms with Crippen LogP contribution in [0.15, 0.2) is 35.3 Å². The molecular weight excluding hydrogens is 396 g/mol. The third-order valence-electron chi connectivity index (χ3n) is 5.12. The molecule has 1 aliphatic rings. The molecule has 0 spiro atoms. The van der Waals surface area contributed by atoms with Gasteiger partial charge in [-0.2, -0.15) is 4.52 Å². The number of hydrogen-bond donors (Lipinski definition) is 3. The zero-order valence-electron chi connectivity index (χ0n) is 18.2. The minimum Gasteiger partial charge on any atom is -0.494 e. The summed E-state index contributed by atoms with van der Waals surface area (Å²) in [6.45, 7) is 8.39. The smallest absolute Gasteiger partial charge is 0.291 e. The molecule has 0 unspecified atom stereocenters. The van der Waals surface area contributed by atoms with Crippen LogP contribution in [-0.4, -0.2) is 36.2 Å². The molecule has 1 atom stereocenters. The third-order valence-corrected chi connectivity index (χ3v) is 5.12. The lowest BCUT2D eigenvalue weighted by molar-refractivity contribution is 0.0944. The highest BCUT2D eigenvalue weighted by atomic mass is 16.3. The monoisotopic (exact) mass is 424 g/mol. The Bertz CT molecular complexity index is 1170. The predicted octanol–water partition coefficient (Wildman–Crippen LogP) is 2.71. The van der Waals surface area contributed by atoms with Gasteiger partial charge < -0.3 is 15.7 Å². The second-order valence-corrected chi connectivity index (χ2v) is 9.32. The summed E-state index contributed by atoms with van der Waals surface area (Å²) in [7, 11) is 0. The second kappa shape index (κ2) is 7.72. The molecule has 31 heavy (non-hydrogen) atoms. The Kier molecular flexibility index (Phi) is 5.20. The van der Waals surface area contributed by atoms with Crippen molar-refractivity contribution < 1.29 is 9.90 Å². The largest absolute Gasteiger partial charge is 0.494 e. The van der Waals surface area contributed by atoms with E-state index in [0.29, 0.717) is 18.0 Å². The van der Waals surface area contributed by atoms with Crippen molar-refractivity contribution >= 4 is 17.4 Å². The molecule has 3 aromatic rings. The van der Waals surface area contributed by atoms with E-state index in [1.54, 1.807) is 16.8 Å². The molecule has 3 N–H and O–H groups in total. The number of rotatable bonds is 6. The maximum atomic E-state index is 13.1. The quantitative estimate of drug-likeness (QED) is 0.561. The molecule has 0 bridgehead atoms. The average molecular weight is 425 g/mol. The van der Waals surface area contributed by atoms with E-state index in [0.717, 1.165) is 18.5 Å². The van der Waals surface area contributed by atoms with Gasteiger partial charge in [-0.3, -0.25) is 19.1 Å². The van der Waals surface area contributed by atoms with Crippen LogP contribution >= 0.6 is 0 Å². The van der Waals surface area contributed by atoms with Crippen LogP contribution in [0.2, 0.25) is 0 Å². The summed E-state index contributed by atoms with van der Waals surface area (Å²) in [5.41, 5.74) is 0.106. The van der Waals surface area contributed by atoms with Crippen molar-refractivity contribution in [2.45, 2.75) is 59.2 Å². The standard InChI is InChI=1S/C22H28N6O3/c1-13(15-7-5-6-10-23-15)24-16-11-17-27(12-22(2,3)4)20(30)18(21(31)28(17)26-16)19(29)25-14-8-9-14/h5-7,10-11,13-14,30H,8-9,12H2,1-4H3,(H,24,26)(H,25,29)/t13-/m1/s1. The Hall–Kier alpha value is -3.36.